The lowest BCUT2D eigenvalue weighted by Crippen LogP contribution is -2.34. The zero-order chi connectivity index (χ0) is 18.9. The maximum absolute atomic E-state index is 12.7. The van der Waals surface area contributed by atoms with Crippen molar-refractivity contribution in [1.29, 1.82) is 0 Å². The second-order valence-electron chi connectivity index (χ2n) is 5.89. The first kappa shape index (κ1) is 19.1. The molecule has 1 aromatic heterocycles. The van der Waals surface area contributed by atoms with Gasteiger partial charge in [-0.15, -0.1) is 5.10 Å². The van der Waals surface area contributed by atoms with Crippen LogP contribution in [0.1, 0.15) is 5.56 Å². The first-order chi connectivity index (χ1) is 13.3. The van der Waals surface area contributed by atoms with Gasteiger partial charge in [-0.25, -0.2) is 9.67 Å². The smallest absolute Gasteiger partial charge is 0.233 e. The van der Waals surface area contributed by atoms with Crippen molar-refractivity contribution in [2.45, 2.75) is 11.7 Å². The molecular formula is C20H22N4O2S. The van der Waals surface area contributed by atoms with E-state index in [1.807, 2.05) is 60.7 Å². The van der Waals surface area contributed by atoms with Crippen molar-refractivity contribution in [1.82, 2.24) is 19.7 Å². The highest BCUT2D eigenvalue weighted by Gasteiger charge is 2.15. The van der Waals surface area contributed by atoms with Crippen LogP contribution in [0.4, 0.5) is 0 Å². The molecule has 6 nitrogen and oxygen atoms in total. The minimum atomic E-state index is 0.0389. The summed E-state index contributed by atoms with van der Waals surface area (Å²) in [6.07, 6.45) is 1.66. The second-order valence-corrected chi connectivity index (χ2v) is 6.83. The number of carbonyl (C=O) groups is 1. The molecule has 0 bridgehead atoms. The summed E-state index contributed by atoms with van der Waals surface area (Å²) in [4.78, 5) is 18.8. The van der Waals surface area contributed by atoms with Gasteiger partial charge in [0.05, 0.1) is 18.0 Å². The molecule has 0 atom stereocenters. The van der Waals surface area contributed by atoms with Crippen LogP contribution in [-0.2, 0) is 16.1 Å². The maximum atomic E-state index is 12.7. The molecule has 2 aromatic carbocycles. The first-order valence-corrected chi connectivity index (χ1v) is 9.65. The summed E-state index contributed by atoms with van der Waals surface area (Å²) in [6, 6.07) is 19.7. The molecule has 27 heavy (non-hydrogen) atoms. The number of methoxy groups -OCH3 is 1. The summed E-state index contributed by atoms with van der Waals surface area (Å²) < 4.78 is 6.85. The number of rotatable bonds is 9. The molecule has 7 heteroatoms. The quantitative estimate of drug-likeness (QED) is 0.533. The van der Waals surface area contributed by atoms with Gasteiger partial charge in [0.2, 0.25) is 11.1 Å². The number of benzene rings is 2. The van der Waals surface area contributed by atoms with Crippen LogP contribution >= 0.6 is 11.8 Å². The second kappa shape index (κ2) is 9.89. The molecule has 140 valence electrons. The van der Waals surface area contributed by atoms with Gasteiger partial charge in [0.15, 0.2) is 0 Å². The van der Waals surface area contributed by atoms with Crippen LogP contribution in [0.5, 0.6) is 0 Å². The number of ether oxygens (including phenoxy) is 1. The molecule has 0 fully saturated rings. The topological polar surface area (TPSA) is 60.2 Å². The van der Waals surface area contributed by atoms with Crippen molar-refractivity contribution >= 4 is 17.7 Å². The lowest BCUT2D eigenvalue weighted by atomic mass is 10.2. The molecule has 0 aliphatic rings. The van der Waals surface area contributed by atoms with Crippen molar-refractivity contribution in [2.24, 2.45) is 0 Å². The molecule has 0 N–H and O–H groups in total. The molecule has 0 radical (unpaired) electrons. The Morgan fingerprint density at radius 2 is 1.81 bits per heavy atom. The predicted octanol–water partition coefficient (Wildman–Crippen LogP) is 3.03. The number of carbonyl (C=O) groups excluding carboxylic acids is 1. The average molecular weight is 382 g/mol. The van der Waals surface area contributed by atoms with Crippen molar-refractivity contribution in [3.8, 4) is 5.69 Å². The zero-order valence-corrected chi connectivity index (χ0v) is 16.0. The third kappa shape index (κ3) is 5.67. The lowest BCUT2D eigenvalue weighted by molar-refractivity contribution is -0.129. The van der Waals surface area contributed by atoms with E-state index < -0.39 is 0 Å². The third-order valence-electron chi connectivity index (χ3n) is 3.95. The molecule has 1 heterocycles. The Bertz CT molecular complexity index is 839. The monoisotopic (exact) mass is 382 g/mol. The summed E-state index contributed by atoms with van der Waals surface area (Å²) in [6.45, 7) is 1.62. The summed E-state index contributed by atoms with van der Waals surface area (Å²) in [5.74, 6) is 0.326. The summed E-state index contributed by atoms with van der Waals surface area (Å²) in [5, 5.41) is 5.01. The predicted molar refractivity (Wildman–Crippen MR) is 106 cm³/mol. The molecule has 0 aliphatic heterocycles. The number of para-hydroxylation sites is 1. The van der Waals surface area contributed by atoms with Crippen molar-refractivity contribution in [2.75, 3.05) is 26.0 Å². The number of hydrogen-bond acceptors (Lipinski definition) is 5. The molecule has 0 saturated carbocycles. The minimum Gasteiger partial charge on any atom is -0.383 e. The van der Waals surface area contributed by atoms with Crippen molar-refractivity contribution in [3.63, 3.8) is 0 Å². The standard InChI is InChI=1S/C20H22N4O2S/c1-26-13-12-23(14-17-8-4-2-5-9-17)19(25)15-27-20-21-16-24(22-20)18-10-6-3-7-11-18/h2-11,16H,12-15H2,1H3. The van der Waals surface area contributed by atoms with E-state index in [1.165, 1.54) is 11.8 Å². The Morgan fingerprint density at radius 1 is 1.11 bits per heavy atom. The molecule has 0 aliphatic carbocycles. The molecule has 0 saturated heterocycles. The summed E-state index contributed by atoms with van der Waals surface area (Å²) >= 11 is 1.34. The van der Waals surface area contributed by atoms with Crippen LogP contribution < -0.4 is 0 Å². The van der Waals surface area contributed by atoms with E-state index in [0.717, 1.165) is 11.3 Å². The van der Waals surface area contributed by atoms with Gasteiger partial charge in [-0.1, -0.05) is 60.3 Å². The highest BCUT2D eigenvalue weighted by molar-refractivity contribution is 7.99. The van der Waals surface area contributed by atoms with Gasteiger partial charge in [-0.05, 0) is 17.7 Å². The number of hydrogen-bond donors (Lipinski definition) is 0. The highest BCUT2D eigenvalue weighted by atomic mass is 32.2. The SMILES string of the molecule is COCCN(Cc1ccccc1)C(=O)CSc1ncn(-c2ccccc2)n1. The van der Waals surface area contributed by atoms with Gasteiger partial charge in [0.1, 0.15) is 6.33 Å². The Hall–Kier alpha value is -2.64. The minimum absolute atomic E-state index is 0.0389. The third-order valence-corrected chi connectivity index (χ3v) is 4.79. The summed E-state index contributed by atoms with van der Waals surface area (Å²) in [7, 11) is 1.64. The van der Waals surface area contributed by atoms with E-state index in [9.17, 15) is 4.79 Å². The van der Waals surface area contributed by atoms with Gasteiger partial charge in [0.25, 0.3) is 0 Å². The fourth-order valence-electron chi connectivity index (χ4n) is 2.53. The van der Waals surface area contributed by atoms with Crippen LogP contribution in [0.2, 0.25) is 0 Å². The van der Waals surface area contributed by atoms with Crippen LogP contribution in [0, 0.1) is 0 Å². The molecule has 0 spiro atoms. The van der Waals surface area contributed by atoms with Crippen LogP contribution in [0.3, 0.4) is 0 Å². The number of nitrogens with zero attached hydrogens (tertiary/aromatic N) is 4. The van der Waals surface area contributed by atoms with Gasteiger partial charge in [-0.3, -0.25) is 4.79 Å². The van der Waals surface area contributed by atoms with E-state index in [4.69, 9.17) is 4.74 Å². The lowest BCUT2D eigenvalue weighted by Gasteiger charge is -2.22. The van der Waals surface area contributed by atoms with Gasteiger partial charge in [-0.2, -0.15) is 0 Å². The Morgan fingerprint density at radius 3 is 2.52 bits per heavy atom. The summed E-state index contributed by atoms with van der Waals surface area (Å²) in [5.41, 5.74) is 2.03. The zero-order valence-electron chi connectivity index (χ0n) is 15.2. The van der Waals surface area contributed by atoms with E-state index in [2.05, 4.69) is 10.1 Å². The molecule has 0 unspecified atom stereocenters. The van der Waals surface area contributed by atoms with E-state index in [0.29, 0.717) is 24.9 Å². The Kier molecular flexibility index (Phi) is 7.01. The van der Waals surface area contributed by atoms with Gasteiger partial charge < -0.3 is 9.64 Å². The highest BCUT2D eigenvalue weighted by Crippen LogP contribution is 2.16. The Labute approximate surface area is 163 Å². The van der Waals surface area contributed by atoms with Crippen LogP contribution in [-0.4, -0.2) is 51.6 Å². The fraction of sp³-hybridized carbons (Fsp3) is 0.250. The number of thioether (sulfide) groups is 1. The van der Waals surface area contributed by atoms with Crippen molar-refractivity contribution < 1.29 is 9.53 Å². The number of aromatic nitrogens is 3. The van der Waals surface area contributed by atoms with Crippen LogP contribution in [0.25, 0.3) is 5.69 Å². The van der Waals surface area contributed by atoms with Gasteiger partial charge >= 0.3 is 0 Å². The van der Waals surface area contributed by atoms with Gasteiger partial charge in [0, 0.05) is 20.2 Å². The average Bonchev–Trinajstić information content (AvgIpc) is 3.20. The Balaban J connectivity index is 1.59. The fourth-order valence-corrected chi connectivity index (χ4v) is 3.24. The largest absolute Gasteiger partial charge is 0.383 e. The van der Waals surface area contributed by atoms with Crippen molar-refractivity contribution in [3.05, 3.63) is 72.6 Å². The number of amides is 1. The van der Waals surface area contributed by atoms with E-state index >= 15 is 0 Å². The van der Waals surface area contributed by atoms with E-state index in [1.54, 1.807) is 23.0 Å². The molecular weight excluding hydrogens is 360 g/mol. The normalized spacial score (nSPS) is 10.7. The van der Waals surface area contributed by atoms with Crippen LogP contribution in [0.15, 0.2) is 72.1 Å². The molecule has 1 amide bonds. The first-order valence-electron chi connectivity index (χ1n) is 8.67. The molecule has 3 rings (SSSR count). The van der Waals surface area contributed by atoms with E-state index in [-0.39, 0.29) is 11.7 Å². The molecule has 3 aromatic rings. The maximum Gasteiger partial charge on any atom is 0.233 e.